The van der Waals surface area contributed by atoms with Crippen molar-refractivity contribution < 1.29 is 4.79 Å². The first-order valence-electron chi connectivity index (χ1n) is 5.21. The molecule has 0 bridgehead atoms. The molecule has 0 spiro atoms. The van der Waals surface area contributed by atoms with Gasteiger partial charge in [-0.1, -0.05) is 18.7 Å². The Bertz CT molecular complexity index is 237. The molecule has 1 fully saturated rings. The molecule has 1 aliphatic carbocycles. The maximum Gasteiger partial charge on any atom is 0.243 e. The van der Waals surface area contributed by atoms with Crippen molar-refractivity contribution in [3.63, 3.8) is 0 Å². The van der Waals surface area contributed by atoms with Crippen molar-refractivity contribution in [1.82, 2.24) is 5.32 Å². The predicted molar refractivity (Wildman–Crippen MR) is 58.9 cm³/mol. The Hall–Kier alpha value is -1.05. The zero-order chi connectivity index (χ0) is 10.6. The van der Waals surface area contributed by atoms with E-state index in [9.17, 15) is 4.79 Å². The Morgan fingerprint density at radius 3 is 2.36 bits per heavy atom. The maximum atomic E-state index is 11.0. The highest BCUT2D eigenvalue weighted by molar-refractivity contribution is 5.87. The molecule has 0 heterocycles. The molecule has 0 aromatic heterocycles. The molecule has 1 aliphatic rings. The van der Waals surface area contributed by atoms with Crippen molar-refractivity contribution in [2.24, 2.45) is 5.92 Å². The fraction of sp³-hybridized carbons (Fsp3) is 0.583. The summed E-state index contributed by atoms with van der Waals surface area (Å²) in [6, 6.07) is 0.344. The summed E-state index contributed by atoms with van der Waals surface area (Å²) in [5.41, 5.74) is 1.28. The lowest BCUT2D eigenvalue weighted by Crippen LogP contribution is -2.36. The van der Waals surface area contributed by atoms with Crippen LogP contribution < -0.4 is 5.32 Å². The average molecular weight is 193 g/mol. The minimum Gasteiger partial charge on any atom is -0.350 e. The first-order valence-corrected chi connectivity index (χ1v) is 5.21. The Morgan fingerprint density at radius 1 is 1.36 bits per heavy atom. The molecule has 1 rings (SSSR count). The molecule has 0 unspecified atom stereocenters. The molecule has 0 saturated heterocycles. The average Bonchev–Trinajstić information content (AvgIpc) is 2.18. The summed E-state index contributed by atoms with van der Waals surface area (Å²) in [5.74, 6) is 0.607. The van der Waals surface area contributed by atoms with E-state index in [1.807, 2.05) is 0 Å². The topological polar surface area (TPSA) is 29.1 Å². The predicted octanol–water partition coefficient (Wildman–Crippen LogP) is 2.42. The van der Waals surface area contributed by atoms with Gasteiger partial charge in [-0.05, 0) is 44.6 Å². The first-order chi connectivity index (χ1) is 6.63. The zero-order valence-corrected chi connectivity index (χ0v) is 8.88. The molecule has 0 aromatic rings. The highest BCUT2D eigenvalue weighted by Gasteiger charge is 2.21. The molecule has 0 aliphatic heterocycles. The molecule has 1 N–H and O–H groups in total. The van der Waals surface area contributed by atoms with Gasteiger partial charge in [0.15, 0.2) is 0 Å². The van der Waals surface area contributed by atoms with Gasteiger partial charge < -0.3 is 5.32 Å². The monoisotopic (exact) mass is 193 g/mol. The molecule has 14 heavy (non-hydrogen) atoms. The molecule has 2 heteroatoms. The van der Waals surface area contributed by atoms with Gasteiger partial charge in [-0.2, -0.15) is 0 Å². The second-order valence-electron chi connectivity index (χ2n) is 4.11. The summed E-state index contributed by atoms with van der Waals surface area (Å²) in [5, 5.41) is 2.94. The van der Waals surface area contributed by atoms with Crippen LogP contribution in [0.5, 0.6) is 0 Å². The second kappa shape index (κ2) is 4.99. The number of amides is 1. The van der Waals surface area contributed by atoms with Gasteiger partial charge in [-0.25, -0.2) is 0 Å². The van der Waals surface area contributed by atoms with Crippen molar-refractivity contribution in [1.29, 1.82) is 0 Å². The van der Waals surface area contributed by atoms with Crippen LogP contribution in [-0.4, -0.2) is 11.9 Å². The van der Waals surface area contributed by atoms with Gasteiger partial charge in [0.25, 0.3) is 0 Å². The normalized spacial score (nSPS) is 26.6. The summed E-state index contributed by atoms with van der Waals surface area (Å²) in [6.45, 7) is 9.51. The summed E-state index contributed by atoms with van der Waals surface area (Å²) in [7, 11) is 0. The first kappa shape index (κ1) is 11.0. The molecular formula is C12H19NO. The third-order valence-electron chi connectivity index (χ3n) is 2.96. The lowest BCUT2D eigenvalue weighted by atomic mass is 9.82. The Labute approximate surface area is 86.1 Å². The van der Waals surface area contributed by atoms with Crippen LogP contribution in [0.25, 0.3) is 0 Å². The van der Waals surface area contributed by atoms with E-state index in [2.05, 4.69) is 25.4 Å². The van der Waals surface area contributed by atoms with Crippen molar-refractivity contribution in [3.8, 4) is 0 Å². The van der Waals surface area contributed by atoms with E-state index >= 15 is 0 Å². The minimum absolute atomic E-state index is 0.0521. The zero-order valence-electron chi connectivity index (χ0n) is 8.88. The van der Waals surface area contributed by atoms with Crippen molar-refractivity contribution in [3.05, 3.63) is 24.8 Å². The van der Waals surface area contributed by atoms with Crippen LogP contribution in [0.1, 0.15) is 32.6 Å². The fourth-order valence-electron chi connectivity index (χ4n) is 1.99. The van der Waals surface area contributed by atoms with E-state index in [0.29, 0.717) is 12.0 Å². The molecule has 2 nitrogen and oxygen atoms in total. The molecule has 0 radical (unpaired) electrons. The second-order valence-corrected chi connectivity index (χ2v) is 4.11. The quantitative estimate of drug-likeness (QED) is 0.541. The Balaban J connectivity index is 2.32. The van der Waals surface area contributed by atoms with E-state index < -0.39 is 0 Å². The van der Waals surface area contributed by atoms with Crippen LogP contribution in [0.15, 0.2) is 24.8 Å². The van der Waals surface area contributed by atoms with Crippen LogP contribution in [0.4, 0.5) is 0 Å². The third kappa shape index (κ3) is 3.02. The third-order valence-corrected chi connectivity index (χ3v) is 2.96. The molecule has 78 valence electrons. The standard InChI is InChI=1S/C12H19NO/c1-4-12(14)13-11-7-5-10(6-8-11)9(2)3/h4,10-11H,1-2,5-8H2,3H3,(H,13,14)/t10-,11+. The number of allylic oxidation sites excluding steroid dienone is 1. The largest absolute Gasteiger partial charge is 0.350 e. The van der Waals surface area contributed by atoms with Gasteiger partial charge in [0, 0.05) is 6.04 Å². The summed E-state index contributed by atoms with van der Waals surface area (Å²) in [4.78, 5) is 11.0. The smallest absolute Gasteiger partial charge is 0.243 e. The van der Waals surface area contributed by atoms with Gasteiger partial charge in [0.05, 0.1) is 0 Å². The summed E-state index contributed by atoms with van der Waals surface area (Å²) < 4.78 is 0. The highest BCUT2D eigenvalue weighted by atomic mass is 16.1. The number of carbonyl (C=O) groups excluding carboxylic acids is 1. The maximum absolute atomic E-state index is 11.0. The van der Waals surface area contributed by atoms with Gasteiger partial charge in [0.2, 0.25) is 5.91 Å². The van der Waals surface area contributed by atoms with E-state index in [1.165, 1.54) is 11.6 Å². The molecule has 1 amide bonds. The summed E-state index contributed by atoms with van der Waals surface area (Å²) in [6.07, 6.45) is 5.77. The van der Waals surface area contributed by atoms with E-state index in [1.54, 1.807) is 0 Å². The Morgan fingerprint density at radius 2 is 1.93 bits per heavy atom. The van der Waals surface area contributed by atoms with Crippen LogP contribution in [0.3, 0.4) is 0 Å². The number of rotatable bonds is 3. The van der Waals surface area contributed by atoms with Crippen molar-refractivity contribution in [2.75, 3.05) is 0 Å². The van der Waals surface area contributed by atoms with Gasteiger partial charge in [0.1, 0.15) is 0 Å². The lowest BCUT2D eigenvalue weighted by molar-refractivity contribution is -0.117. The fourth-order valence-corrected chi connectivity index (χ4v) is 1.99. The van der Waals surface area contributed by atoms with Crippen LogP contribution in [0, 0.1) is 5.92 Å². The molecular weight excluding hydrogens is 174 g/mol. The van der Waals surface area contributed by atoms with Gasteiger partial charge >= 0.3 is 0 Å². The number of nitrogens with one attached hydrogen (secondary N) is 1. The van der Waals surface area contributed by atoms with E-state index in [4.69, 9.17) is 0 Å². The molecule has 0 atom stereocenters. The van der Waals surface area contributed by atoms with Gasteiger partial charge in [-0.3, -0.25) is 4.79 Å². The number of carbonyl (C=O) groups is 1. The van der Waals surface area contributed by atoms with Crippen molar-refractivity contribution >= 4 is 5.91 Å². The van der Waals surface area contributed by atoms with Crippen molar-refractivity contribution in [2.45, 2.75) is 38.6 Å². The lowest BCUT2D eigenvalue weighted by Gasteiger charge is -2.29. The van der Waals surface area contributed by atoms with Crippen LogP contribution in [-0.2, 0) is 4.79 Å². The molecule has 0 aromatic carbocycles. The number of hydrogen-bond donors (Lipinski definition) is 1. The SMILES string of the molecule is C=CC(=O)N[C@H]1CC[C@@H](C(=C)C)CC1. The van der Waals surface area contributed by atoms with Crippen LogP contribution >= 0.6 is 0 Å². The van der Waals surface area contributed by atoms with Crippen LogP contribution in [0.2, 0.25) is 0 Å². The highest BCUT2D eigenvalue weighted by Crippen LogP contribution is 2.28. The molecule has 1 saturated carbocycles. The van der Waals surface area contributed by atoms with Gasteiger partial charge in [-0.15, -0.1) is 0 Å². The van der Waals surface area contributed by atoms with E-state index in [-0.39, 0.29) is 5.91 Å². The minimum atomic E-state index is -0.0521. The Kier molecular flexibility index (Phi) is 3.93. The van der Waals surface area contributed by atoms with E-state index in [0.717, 1.165) is 25.7 Å². The number of hydrogen-bond acceptors (Lipinski definition) is 1. The summed E-state index contributed by atoms with van der Waals surface area (Å²) >= 11 is 0.